The second-order valence-electron chi connectivity index (χ2n) is 4.96. The fourth-order valence-corrected chi connectivity index (χ4v) is 2.88. The Labute approximate surface area is 113 Å². The molecule has 2 rings (SSSR count). The summed E-state index contributed by atoms with van der Waals surface area (Å²) in [6.07, 6.45) is 0.622. The standard InChI is InChI=1S/C13H15BrF3N/c14-11-2-1-10(15)5-9(11)6-12(18)8-3-4-13(16,17)7-8/h1-2,5,8,12H,3-4,6-7,18H2. The van der Waals surface area contributed by atoms with E-state index >= 15 is 0 Å². The maximum atomic E-state index is 13.1. The van der Waals surface area contributed by atoms with E-state index in [2.05, 4.69) is 15.9 Å². The molecule has 5 heteroatoms. The van der Waals surface area contributed by atoms with Crippen molar-refractivity contribution in [2.24, 2.45) is 11.7 Å². The number of hydrogen-bond acceptors (Lipinski definition) is 1. The van der Waals surface area contributed by atoms with Crippen molar-refractivity contribution in [1.82, 2.24) is 0 Å². The molecule has 1 fully saturated rings. The molecule has 1 aromatic rings. The van der Waals surface area contributed by atoms with E-state index in [9.17, 15) is 13.2 Å². The molecule has 0 aliphatic heterocycles. The van der Waals surface area contributed by atoms with Crippen LogP contribution in [0, 0.1) is 11.7 Å². The van der Waals surface area contributed by atoms with Gasteiger partial charge in [0, 0.05) is 23.4 Å². The molecule has 100 valence electrons. The minimum atomic E-state index is -2.58. The summed E-state index contributed by atoms with van der Waals surface area (Å²) in [5.74, 6) is -3.10. The van der Waals surface area contributed by atoms with Gasteiger partial charge in [-0.2, -0.15) is 0 Å². The molecule has 0 bridgehead atoms. The summed E-state index contributed by atoms with van der Waals surface area (Å²) < 4.78 is 40.1. The van der Waals surface area contributed by atoms with E-state index in [0.29, 0.717) is 12.8 Å². The topological polar surface area (TPSA) is 26.0 Å². The maximum Gasteiger partial charge on any atom is 0.248 e. The highest BCUT2D eigenvalue weighted by molar-refractivity contribution is 9.10. The van der Waals surface area contributed by atoms with Crippen LogP contribution in [0.25, 0.3) is 0 Å². The van der Waals surface area contributed by atoms with Gasteiger partial charge in [0.05, 0.1) is 0 Å². The van der Waals surface area contributed by atoms with Crippen LogP contribution in [0.1, 0.15) is 24.8 Å². The third-order valence-electron chi connectivity index (χ3n) is 3.51. The monoisotopic (exact) mass is 321 g/mol. The molecule has 1 aliphatic rings. The minimum absolute atomic E-state index is 0.0876. The van der Waals surface area contributed by atoms with Gasteiger partial charge in [-0.15, -0.1) is 0 Å². The van der Waals surface area contributed by atoms with Crippen LogP contribution < -0.4 is 5.73 Å². The highest BCUT2D eigenvalue weighted by Gasteiger charge is 2.41. The molecule has 2 N–H and O–H groups in total. The van der Waals surface area contributed by atoms with Crippen LogP contribution in [0.5, 0.6) is 0 Å². The zero-order valence-electron chi connectivity index (χ0n) is 9.80. The van der Waals surface area contributed by atoms with Gasteiger partial charge in [-0.1, -0.05) is 15.9 Å². The van der Waals surface area contributed by atoms with E-state index < -0.39 is 5.92 Å². The van der Waals surface area contributed by atoms with E-state index in [-0.39, 0.29) is 30.6 Å². The van der Waals surface area contributed by atoms with Crippen molar-refractivity contribution in [2.45, 2.75) is 37.6 Å². The number of rotatable bonds is 3. The molecule has 0 radical (unpaired) electrons. The predicted molar refractivity (Wildman–Crippen MR) is 68.1 cm³/mol. The van der Waals surface area contributed by atoms with Gasteiger partial charge in [0.1, 0.15) is 5.82 Å². The molecule has 1 aliphatic carbocycles. The lowest BCUT2D eigenvalue weighted by Gasteiger charge is -2.20. The van der Waals surface area contributed by atoms with Crippen LogP contribution in [0.2, 0.25) is 0 Å². The SMILES string of the molecule is NC(Cc1cc(F)ccc1Br)C1CCC(F)(F)C1. The van der Waals surface area contributed by atoms with Crippen LogP contribution in [0.4, 0.5) is 13.2 Å². The van der Waals surface area contributed by atoms with Crippen LogP contribution in [0.3, 0.4) is 0 Å². The van der Waals surface area contributed by atoms with Gasteiger partial charge >= 0.3 is 0 Å². The fourth-order valence-electron chi connectivity index (χ4n) is 2.47. The van der Waals surface area contributed by atoms with E-state index in [1.165, 1.54) is 12.1 Å². The summed E-state index contributed by atoms with van der Waals surface area (Å²) in [5, 5.41) is 0. The molecule has 2 atom stereocenters. The first-order valence-corrected chi connectivity index (χ1v) is 6.74. The third kappa shape index (κ3) is 3.26. The van der Waals surface area contributed by atoms with Crippen LogP contribution in [0.15, 0.2) is 22.7 Å². The highest BCUT2D eigenvalue weighted by atomic mass is 79.9. The largest absolute Gasteiger partial charge is 0.327 e. The summed E-state index contributed by atoms with van der Waals surface area (Å²) >= 11 is 3.32. The third-order valence-corrected chi connectivity index (χ3v) is 4.28. The summed E-state index contributed by atoms with van der Waals surface area (Å²) in [5.41, 5.74) is 6.71. The van der Waals surface area contributed by atoms with Crippen LogP contribution in [-0.4, -0.2) is 12.0 Å². The van der Waals surface area contributed by atoms with E-state index in [0.717, 1.165) is 10.0 Å². The summed E-state index contributed by atoms with van der Waals surface area (Å²) in [6.45, 7) is 0. The number of alkyl halides is 2. The Morgan fingerprint density at radius 1 is 1.44 bits per heavy atom. The van der Waals surface area contributed by atoms with E-state index in [1.807, 2.05) is 0 Å². The summed E-state index contributed by atoms with van der Waals surface area (Å²) in [7, 11) is 0. The number of benzene rings is 1. The number of halogens is 4. The molecule has 2 unspecified atom stereocenters. The van der Waals surface area contributed by atoms with Crippen molar-refractivity contribution in [1.29, 1.82) is 0 Å². The van der Waals surface area contributed by atoms with Crippen molar-refractivity contribution in [3.8, 4) is 0 Å². The second kappa shape index (κ2) is 5.21. The van der Waals surface area contributed by atoms with Gasteiger partial charge in [0.2, 0.25) is 5.92 Å². The lowest BCUT2D eigenvalue weighted by molar-refractivity contribution is 0.00393. The van der Waals surface area contributed by atoms with E-state index in [1.54, 1.807) is 6.07 Å². The number of hydrogen-bond donors (Lipinski definition) is 1. The smallest absolute Gasteiger partial charge is 0.248 e. The lowest BCUT2D eigenvalue weighted by Crippen LogP contribution is -2.31. The highest BCUT2D eigenvalue weighted by Crippen LogP contribution is 2.40. The first kappa shape index (κ1) is 13.9. The molecular weight excluding hydrogens is 307 g/mol. The van der Waals surface area contributed by atoms with Gasteiger partial charge in [-0.3, -0.25) is 0 Å². The van der Waals surface area contributed by atoms with Gasteiger partial charge in [-0.25, -0.2) is 13.2 Å². The Hall–Kier alpha value is -0.550. The average Bonchev–Trinajstić information content (AvgIpc) is 2.64. The first-order valence-electron chi connectivity index (χ1n) is 5.95. The Morgan fingerprint density at radius 2 is 2.17 bits per heavy atom. The quantitative estimate of drug-likeness (QED) is 0.898. The molecule has 0 aromatic heterocycles. The predicted octanol–water partition coefficient (Wildman–Crippen LogP) is 3.89. The molecule has 0 amide bonds. The molecule has 1 nitrogen and oxygen atoms in total. The fraction of sp³-hybridized carbons (Fsp3) is 0.538. The minimum Gasteiger partial charge on any atom is -0.327 e. The summed E-state index contributed by atoms with van der Waals surface area (Å²) in [4.78, 5) is 0. The molecule has 0 spiro atoms. The lowest BCUT2D eigenvalue weighted by atomic mass is 9.93. The average molecular weight is 322 g/mol. The molecule has 1 aromatic carbocycles. The second-order valence-corrected chi connectivity index (χ2v) is 5.82. The van der Waals surface area contributed by atoms with E-state index in [4.69, 9.17) is 5.73 Å². The van der Waals surface area contributed by atoms with Gasteiger partial charge in [-0.05, 0) is 42.5 Å². The normalized spacial score (nSPS) is 24.2. The molecule has 18 heavy (non-hydrogen) atoms. The van der Waals surface area contributed by atoms with Gasteiger partial charge < -0.3 is 5.73 Å². The maximum absolute atomic E-state index is 13.1. The van der Waals surface area contributed by atoms with Crippen molar-refractivity contribution in [2.75, 3.05) is 0 Å². The molecule has 1 saturated carbocycles. The Kier molecular flexibility index (Phi) is 4.02. The van der Waals surface area contributed by atoms with Crippen molar-refractivity contribution in [3.63, 3.8) is 0 Å². The van der Waals surface area contributed by atoms with Gasteiger partial charge in [0.25, 0.3) is 0 Å². The van der Waals surface area contributed by atoms with Crippen LogP contribution >= 0.6 is 15.9 Å². The van der Waals surface area contributed by atoms with Crippen LogP contribution in [-0.2, 0) is 6.42 Å². The zero-order valence-corrected chi connectivity index (χ0v) is 11.4. The molecule has 0 saturated heterocycles. The summed E-state index contributed by atoms with van der Waals surface area (Å²) in [6, 6.07) is 4.01. The first-order chi connectivity index (χ1) is 8.37. The zero-order chi connectivity index (χ0) is 13.3. The Bertz CT molecular complexity index is 436. The van der Waals surface area contributed by atoms with Crippen molar-refractivity contribution >= 4 is 15.9 Å². The van der Waals surface area contributed by atoms with Crippen molar-refractivity contribution in [3.05, 3.63) is 34.1 Å². The molecular formula is C13H15BrF3N. The Balaban J connectivity index is 2.03. The van der Waals surface area contributed by atoms with Crippen molar-refractivity contribution < 1.29 is 13.2 Å². The Morgan fingerprint density at radius 3 is 2.78 bits per heavy atom. The number of nitrogens with two attached hydrogens (primary N) is 1. The molecule has 0 heterocycles. The van der Waals surface area contributed by atoms with Gasteiger partial charge in [0.15, 0.2) is 0 Å².